The molecule has 0 aliphatic carbocycles. The fraction of sp³-hybridized carbons (Fsp3) is 0.500. The highest BCUT2D eigenvalue weighted by atomic mass is 79.9. The van der Waals surface area contributed by atoms with Crippen molar-refractivity contribution in [3.63, 3.8) is 0 Å². The maximum absolute atomic E-state index is 12.0. The Hall–Kier alpha value is -0.870. The first kappa shape index (κ1) is 15.2. The van der Waals surface area contributed by atoms with Gasteiger partial charge < -0.3 is 10.6 Å². The van der Waals surface area contributed by atoms with E-state index in [1.54, 1.807) is 11.9 Å². The second-order valence-electron chi connectivity index (χ2n) is 4.57. The van der Waals surface area contributed by atoms with Gasteiger partial charge in [-0.05, 0) is 24.1 Å². The molecule has 0 radical (unpaired) electrons. The second-order valence-corrected chi connectivity index (χ2v) is 5.49. The van der Waals surface area contributed by atoms with Crippen molar-refractivity contribution in [1.29, 1.82) is 0 Å². The van der Waals surface area contributed by atoms with E-state index in [9.17, 15) is 4.79 Å². The number of nitrogens with two attached hydrogens (primary N) is 1. The van der Waals surface area contributed by atoms with Gasteiger partial charge in [-0.15, -0.1) is 0 Å². The van der Waals surface area contributed by atoms with Gasteiger partial charge >= 0.3 is 0 Å². The Morgan fingerprint density at radius 3 is 2.83 bits per heavy atom. The summed E-state index contributed by atoms with van der Waals surface area (Å²) in [7, 11) is 1.80. The third-order valence-electron chi connectivity index (χ3n) is 2.87. The monoisotopic (exact) mass is 312 g/mol. The summed E-state index contributed by atoms with van der Waals surface area (Å²) in [5, 5.41) is 0. The number of likely N-dealkylation sites (N-methyl/N-ethyl adjacent to an activating group) is 1. The minimum atomic E-state index is -0.373. The fourth-order valence-corrected chi connectivity index (χ4v) is 2.26. The molecule has 1 amide bonds. The molecule has 0 saturated heterocycles. The van der Waals surface area contributed by atoms with Gasteiger partial charge in [-0.2, -0.15) is 0 Å². The third-order valence-corrected chi connectivity index (χ3v) is 3.36. The van der Waals surface area contributed by atoms with Crippen molar-refractivity contribution in [2.24, 2.45) is 5.73 Å². The van der Waals surface area contributed by atoms with Crippen molar-refractivity contribution in [3.05, 3.63) is 34.3 Å². The Morgan fingerprint density at radius 2 is 2.22 bits per heavy atom. The molecule has 0 aliphatic rings. The van der Waals surface area contributed by atoms with Gasteiger partial charge in [0.25, 0.3) is 0 Å². The van der Waals surface area contributed by atoms with Gasteiger partial charge in [0, 0.05) is 18.1 Å². The average molecular weight is 313 g/mol. The number of rotatable bonds is 6. The molecule has 0 aliphatic heterocycles. The first-order valence-corrected chi connectivity index (χ1v) is 7.09. The average Bonchev–Trinajstić information content (AvgIpc) is 2.35. The van der Waals surface area contributed by atoms with E-state index in [2.05, 4.69) is 22.9 Å². The number of nitrogens with zero attached hydrogens (tertiary/aromatic N) is 1. The largest absolute Gasteiger partial charge is 0.340 e. The van der Waals surface area contributed by atoms with E-state index in [0.717, 1.165) is 29.3 Å². The summed E-state index contributed by atoms with van der Waals surface area (Å²) in [5.41, 5.74) is 6.99. The third kappa shape index (κ3) is 4.78. The van der Waals surface area contributed by atoms with Crippen LogP contribution in [0, 0.1) is 0 Å². The molecule has 0 spiro atoms. The Bertz CT molecular complexity index is 395. The standard InChI is InChI=1S/C14H21BrN2O/c1-3-4-8-13(16)14(18)17(2)10-11-6-5-7-12(15)9-11/h5-7,9,13H,3-4,8,10,16H2,1-2H3/t13-/m0/s1. The van der Waals surface area contributed by atoms with Crippen molar-refractivity contribution in [2.45, 2.75) is 38.8 Å². The quantitative estimate of drug-likeness (QED) is 0.878. The van der Waals surface area contributed by atoms with Crippen molar-refractivity contribution in [3.8, 4) is 0 Å². The zero-order chi connectivity index (χ0) is 13.5. The molecule has 1 aromatic rings. The molecule has 2 N–H and O–H groups in total. The van der Waals surface area contributed by atoms with Crippen LogP contribution in [-0.2, 0) is 11.3 Å². The van der Waals surface area contributed by atoms with Crippen LogP contribution in [0.15, 0.2) is 28.7 Å². The second kappa shape index (κ2) is 7.54. The van der Waals surface area contributed by atoms with Crippen molar-refractivity contribution in [2.75, 3.05) is 7.05 Å². The number of unbranched alkanes of at least 4 members (excludes halogenated alkanes) is 1. The van der Waals surface area contributed by atoms with Crippen LogP contribution in [0.1, 0.15) is 31.7 Å². The molecule has 0 fully saturated rings. The van der Waals surface area contributed by atoms with E-state index in [4.69, 9.17) is 5.73 Å². The molecule has 1 atom stereocenters. The highest BCUT2D eigenvalue weighted by Gasteiger charge is 2.17. The topological polar surface area (TPSA) is 46.3 Å². The smallest absolute Gasteiger partial charge is 0.239 e. The molecular weight excluding hydrogens is 292 g/mol. The summed E-state index contributed by atoms with van der Waals surface area (Å²) in [6.07, 6.45) is 2.83. The summed E-state index contributed by atoms with van der Waals surface area (Å²) < 4.78 is 1.02. The zero-order valence-corrected chi connectivity index (χ0v) is 12.6. The summed E-state index contributed by atoms with van der Waals surface area (Å²) >= 11 is 3.42. The molecule has 100 valence electrons. The van der Waals surface area contributed by atoms with Gasteiger partial charge in [0.2, 0.25) is 5.91 Å². The minimum Gasteiger partial charge on any atom is -0.340 e. The van der Waals surface area contributed by atoms with Crippen molar-refractivity contribution < 1.29 is 4.79 Å². The lowest BCUT2D eigenvalue weighted by molar-refractivity contribution is -0.132. The Kier molecular flexibility index (Phi) is 6.36. The van der Waals surface area contributed by atoms with Crippen LogP contribution >= 0.6 is 15.9 Å². The molecule has 1 aromatic carbocycles. The van der Waals surface area contributed by atoms with Crippen LogP contribution in [0.2, 0.25) is 0 Å². The van der Waals surface area contributed by atoms with E-state index in [-0.39, 0.29) is 11.9 Å². The van der Waals surface area contributed by atoms with E-state index in [0.29, 0.717) is 6.54 Å². The molecule has 0 bridgehead atoms. The summed E-state index contributed by atoms with van der Waals surface area (Å²) in [6.45, 7) is 2.69. The van der Waals surface area contributed by atoms with Crippen LogP contribution in [0.4, 0.5) is 0 Å². The highest BCUT2D eigenvalue weighted by molar-refractivity contribution is 9.10. The molecule has 4 heteroatoms. The Morgan fingerprint density at radius 1 is 1.50 bits per heavy atom. The highest BCUT2D eigenvalue weighted by Crippen LogP contribution is 2.13. The van der Waals surface area contributed by atoms with E-state index < -0.39 is 0 Å². The lowest BCUT2D eigenvalue weighted by atomic mass is 10.1. The van der Waals surface area contributed by atoms with E-state index in [1.165, 1.54) is 0 Å². The van der Waals surface area contributed by atoms with E-state index >= 15 is 0 Å². The maximum atomic E-state index is 12.0. The lowest BCUT2D eigenvalue weighted by Crippen LogP contribution is -2.41. The van der Waals surface area contributed by atoms with Gasteiger partial charge in [-0.25, -0.2) is 0 Å². The molecule has 0 heterocycles. The molecule has 3 nitrogen and oxygen atoms in total. The number of amides is 1. The molecule has 0 saturated carbocycles. The molecular formula is C14H21BrN2O. The summed E-state index contributed by atoms with van der Waals surface area (Å²) in [4.78, 5) is 13.7. The predicted molar refractivity (Wildman–Crippen MR) is 78.1 cm³/mol. The molecule has 1 rings (SSSR count). The number of benzene rings is 1. The van der Waals surface area contributed by atoms with Crippen LogP contribution in [0.3, 0.4) is 0 Å². The van der Waals surface area contributed by atoms with E-state index in [1.807, 2.05) is 24.3 Å². The van der Waals surface area contributed by atoms with Crippen LogP contribution in [-0.4, -0.2) is 23.9 Å². The van der Waals surface area contributed by atoms with Crippen LogP contribution in [0.5, 0.6) is 0 Å². The SMILES string of the molecule is CCCC[C@H](N)C(=O)N(C)Cc1cccc(Br)c1. The normalized spacial score (nSPS) is 12.2. The predicted octanol–water partition coefficient (Wildman–Crippen LogP) is 2.93. The summed E-state index contributed by atoms with van der Waals surface area (Å²) in [5.74, 6) is 0.0171. The number of carbonyl (C=O) groups is 1. The van der Waals surface area contributed by atoms with Gasteiger partial charge in [0.15, 0.2) is 0 Å². The van der Waals surface area contributed by atoms with Crippen LogP contribution < -0.4 is 5.73 Å². The van der Waals surface area contributed by atoms with Gasteiger partial charge in [0.05, 0.1) is 6.04 Å². The first-order valence-electron chi connectivity index (χ1n) is 6.29. The Labute approximate surface area is 117 Å². The number of halogens is 1. The van der Waals surface area contributed by atoms with Crippen LogP contribution in [0.25, 0.3) is 0 Å². The van der Waals surface area contributed by atoms with Gasteiger partial charge in [0.1, 0.15) is 0 Å². The lowest BCUT2D eigenvalue weighted by Gasteiger charge is -2.21. The number of hydrogen-bond donors (Lipinski definition) is 1. The van der Waals surface area contributed by atoms with Gasteiger partial charge in [-0.1, -0.05) is 47.8 Å². The summed E-state index contributed by atoms with van der Waals surface area (Å²) in [6, 6.07) is 7.59. The first-order chi connectivity index (χ1) is 8.54. The maximum Gasteiger partial charge on any atom is 0.239 e. The van der Waals surface area contributed by atoms with Crippen molar-refractivity contribution in [1.82, 2.24) is 4.90 Å². The molecule has 18 heavy (non-hydrogen) atoms. The molecule has 0 unspecified atom stereocenters. The number of hydrogen-bond acceptors (Lipinski definition) is 2. The fourth-order valence-electron chi connectivity index (χ4n) is 1.82. The minimum absolute atomic E-state index is 0.0171. The van der Waals surface area contributed by atoms with Crippen molar-refractivity contribution >= 4 is 21.8 Å². The number of carbonyl (C=O) groups excluding carboxylic acids is 1. The van der Waals surface area contributed by atoms with Gasteiger partial charge in [-0.3, -0.25) is 4.79 Å². The Balaban J connectivity index is 2.54. The zero-order valence-electron chi connectivity index (χ0n) is 11.0. The molecule has 0 aromatic heterocycles.